The van der Waals surface area contributed by atoms with Crippen LogP contribution < -0.4 is 4.74 Å². The van der Waals surface area contributed by atoms with Crippen LogP contribution in [0.2, 0.25) is 0 Å². The average molecular weight is 366 g/mol. The molecule has 0 fully saturated rings. The van der Waals surface area contributed by atoms with Crippen molar-refractivity contribution in [1.29, 1.82) is 0 Å². The van der Waals surface area contributed by atoms with Crippen LogP contribution in [0.3, 0.4) is 0 Å². The molecule has 5 heteroatoms. The molecule has 0 spiro atoms. The second-order valence-electron chi connectivity index (χ2n) is 7.01. The van der Waals surface area contributed by atoms with Crippen LogP contribution in [-0.2, 0) is 0 Å². The molecular formula is C21H23N3OS. The largest absolute Gasteiger partial charge is 0.496 e. The number of benzene rings is 1. The van der Waals surface area contributed by atoms with Gasteiger partial charge in [0.2, 0.25) is 0 Å². The predicted octanol–water partition coefficient (Wildman–Crippen LogP) is 4.70. The Morgan fingerprint density at radius 3 is 2.77 bits per heavy atom. The van der Waals surface area contributed by atoms with Gasteiger partial charge in [0, 0.05) is 29.6 Å². The van der Waals surface area contributed by atoms with E-state index in [2.05, 4.69) is 65.6 Å². The fraction of sp³-hybridized carbons (Fsp3) is 0.333. The maximum Gasteiger partial charge on any atom is 0.128 e. The Labute approximate surface area is 158 Å². The number of methoxy groups -OCH3 is 1. The molecule has 0 amide bonds. The fourth-order valence-corrected chi connectivity index (χ4v) is 4.64. The highest BCUT2D eigenvalue weighted by Crippen LogP contribution is 2.37. The van der Waals surface area contributed by atoms with E-state index in [0.29, 0.717) is 0 Å². The molecule has 3 aromatic rings. The lowest BCUT2D eigenvalue weighted by Gasteiger charge is -2.22. The summed E-state index contributed by atoms with van der Waals surface area (Å²) in [5.41, 5.74) is 7.82. The summed E-state index contributed by atoms with van der Waals surface area (Å²) in [5, 5.41) is 11.4. The number of fused-ring (bicyclic) bond motifs is 1. The van der Waals surface area contributed by atoms with Crippen molar-refractivity contribution in [3.63, 3.8) is 0 Å². The van der Waals surface area contributed by atoms with Crippen molar-refractivity contribution >= 4 is 27.1 Å². The number of thiophene rings is 1. The molecule has 0 saturated heterocycles. The number of hydrogen-bond acceptors (Lipinski definition) is 5. The summed E-state index contributed by atoms with van der Waals surface area (Å²) >= 11 is 1.74. The third-order valence-corrected chi connectivity index (χ3v) is 5.84. The number of hydrogen-bond donors (Lipinski definition) is 0. The van der Waals surface area contributed by atoms with Crippen LogP contribution in [0.4, 0.5) is 0 Å². The van der Waals surface area contributed by atoms with Crippen molar-refractivity contribution in [3.05, 3.63) is 46.3 Å². The molecule has 1 aliphatic rings. The maximum absolute atomic E-state index is 5.61. The standard InChI is InChI=1S/C21H23N3OS/c1-13-8-14(2)20(18(9-13)25-4)17-10-19-21(23-22-17)16(12-26-19)15-6-5-7-24(3)11-15/h6,8-10,12H,5,7,11H2,1-4H3. The minimum atomic E-state index is 0.851. The van der Waals surface area contributed by atoms with Crippen molar-refractivity contribution in [2.24, 2.45) is 0 Å². The van der Waals surface area contributed by atoms with Crippen molar-refractivity contribution in [3.8, 4) is 17.0 Å². The summed E-state index contributed by atoms with van der Waals surface area (Å²) in [7, 11) is 3.87. The summed E-state index contributed by atoms with van der Waals surface area (Å²) in [5.74, 6) is 0.851. The molecule has 1 aromatic carbocycles. The van der Waals surface area contributed by atoms with Crippen LogP contribution in [0.1, 0.15) is 23.1 Å². The predicted molar refractivity (Wildman–Crippen MR) is 109 cm³/mol. The number of aryl methyl sites for hydroxylation is 2. The van der Waals surface area contributed by atoms with E-state index >= 15 is 0 Å². The molecule has 0 atom stereocenters. The van der Waals surface area contributed by atoms with Crippen LogP contribution in [0.25, 0.3) is 27.0 Å². The summed E-state index contributed by atoms with van der Waals surface area (Å²) in [6, 6.07) is 6.35. The highest BCUT2D eigenvalue weighted by Gasteiger charge is 2.18. The number of likely N-dealkylation sites (N-methyl/N-ethyl adjacent to an activating group) is 1. The topological polar surface area (TPSA) is 38.2 Å². The van der Waals surface area contributed by atoms with Gasteiger partial charge in [-0.1, -0.05) is 12.1 Å². The molecule has 0 unspecified atom stereocenters. The van der Waals surface area contributed by atoms with Crippen LogP contribution in [0, 0.1) is 13.8 Å². The Morgan fingerprint density at radius 2 is 2.00 bits per heavy atom. The van der Waals surface area contributed by atoms with Gasteiger partial charge in [0.15, 0.2) is 0 Å². The van der Waals surface area contributed by atoms with Gasteiger partial charge in [-0.25, -0.2) is 0 Å². The molecule has 0 aliphatic carbocycles. The highest BCUT2D eigenvalue weighted by atomic mass is 32.1. The zero-order valence-electron chi connectivity index (χ0n) is 15.7. The first-order chi connectivity index (χ1) is 12.6. The van der Waals surface area contributed by atoms with Crippen LogP contribution in [0.5, 0.6) is 5.75 Å². The molecule has 0 radical (unpaired) electrons. The number of ether oxygens (including phenoxy) is 1. The third kappa shape index (κ3) is 3.02. The van der Waals surface area contributed by atoms with Crippen molar-refractivity contribution in [2.45, 2.75) is 20.3 Å². The van der Waals surface area contributed by atoms with E-state index in [1.54, 1.807) is 18.4 Å². The summed E-state index contributed by atoms with van der Waals surface area (Å²) in [4.78, 5) is 2.35. The van der Waals surface area contributed by atoms with Crippen LogP contribution >= 0.6 is 11.3 Å². The van der Waals surface area contributed by atoms with Gasteiger partial charge in [0.25, 0.3) is 0 Å². The van der Waals surface area contributed by atoms with E-state index < -0.39 is 0 Å². The van der Waals surface area contributed by atoms with Gasteiger partial charge >= 0.3 is 0 Å². The lowest BCUT2D eigenvalue weighted by Crippen LogP contribution is -2.24. The third-order valence-electron chi connectivity index (χ3n) is 4.93. The van der Waals surface area contributed by atoms with Crippen molar-refractivity contribution in [2.75, 3.05) is 27.2 Å². The van der Waals surface area contributed by atoms with Gasteiger partial charge in [0.05, 0.1) is 17.5 Å². The van der Waals surface area contributed by atoms with Gasteiger partial charge in [-0.15, -0.1) is 21.5 Å². The Balaban J connectivity index is 1.80. The number of nitrogens with zero attached hydrogens (tertiary/aromatic N) is 3. The molecule has 0 N–H and O–H groups in total. The Morgan fingerprint density at radius 1 is 1.15 bits per heavy atom. The Hall–Kier alpha value is -2.24. The monoisotopic (exact) mass is 365 g/mol. The van der Waals surface area contributed by atoms with Crippen LogP contribution in [0.15, 0.2) is 29.7 Å². The zero-order valence-corrected chi connectivity index (χ0v) is 16.5. The summed E-state index contributed by atoms with van der Waals surface area (Å²) < 4.78 is 6.77. The second-order valence-corrected chi connectivity index (χ2v) is 7.92. The van der Waals surface area contributed by atoms with E-state index in [-0.39, 0.29) is 0 Å². The Kier molecular flexibility index (Phi) is 4.51. The van der Waals surface area contributed by atoms with Gasteiger partial charge in [-0.05, 0) is 56.1 Å². The SMILES string of the molecule is COc1cc(C)cc(C)c1-c1cc2scc(C3=CCCN(C)C3)c2nn1. The molecule has 1 aliphatic heterocycles. The first-order valence-corrected chi connectivity index (χ1v) is 9.73. The normalized spacial score (nSPS) is 15.3. The number of aromatic nitrogens is 2. The van der Waals surface area contributed by atoms with Crippen molar-refractivity contribution in [1.82, 2.24) is 15.1 Å². The van der Waals surface area contributed by atoms with Crippen LogP contribution in [-0.4, -0.2) is 42.3 Å². The van der Waals surface area contributed by atoms with E-state index in [1.807, 2.05) is 0 Å². The van der Waals surface area contributed by atoms with Gasteiger partial charge in [-0.2, -0.15) is 0 Å². The second kappa shape index (κ2) is 6.82. The van der Waals surface area contributed by atoms with E-state index in [9.17, 15) is 0 Å². The summed E-state index contributed by atoms with van der Waals surface area (Å²) in [6.45, 7) is 6.27. The van der Waals surface area contributed by atoms with Crippen molar-refractivity contribution < 1.29 is 4.74 Å². The van der Waals surface area contributed by atoms with Gasteiger partial charge in [-0.3, -0.25) is 0 Å². The molecule has 3 heterocycles. The molecule has 2 aromatic heterocycles. The van der Waals surface area contributed by atoms with Gasteiger partial charge < -0.3 is 9.64 Å². The highest BCUT2D eigenvalue weighted by molar-refractivity contribution is 7.17. The number of rotatable bonds is 3. The quantitative estimate of drug-likeness (QED) is 0.674. The lowest BCUT2D eigenvalue weighted by molar-refractivity contribution is 0.373. The molecule has 26 heavy (non-hydrogen) atoms. The van der Waals surface area contributed by atoms with E-state index in [1.165, 1.54) is 21.4 Å². The summed E-state index contributed by atoms with van der Waals surface area (Å²) in [6.07, 6.45) is 3.43. The molecule has 4 rings (SSSR count). The minimum Gasteiger partial charge on any atom is -0.496 e. The Bertz CT molecular complexity index is 1010. The van der Waals surface area contributed by atoms with E-state index in [0.717, 1.165) is 47.6 Å². The van der Waals surface area contributed by atoms with E-state index in [4.69, 9.17) is 4.74 Å². The molecule has 0 saturated carbocycles. The molecule has 0 bridgehead atoms. The van der Waals surface area contributed by atoms with Gasteiger partial charge in [0.1, 0.15) is 11.3 Å². The fourth-order valence-electron chi connectivity index (χ4n) is 3.69. The molecular weight excluding hydrogens is 342 g/mol. The molecule has 134 valence electrons. The first-order valence-electron chi connectivity index (χ1n) is 8.85. The minimum absolute atomic E-state index is 0.851. The maximum atomic E-state index is 5.61. The lowest BCUT2D eigenvalue weighted by atomic mass is 10.0. The zero-order chi connectivity index (χ0) is 18.3. The molecule has 4 nitrogen and oxygen atoms in total. The average Bonchev–Trinajstić information content (AvgIpc) is 3.04. The first kappa shape index (κ1) is 17.2. The smallest absolute Gasteiger partial charge is 0.128 e.